The largest absolute Gasteiger partial charge is 0.496 e. The standard InChI is InChI=1S/C33H37F3N4O4/c1-18-20(3)31(41)38(5)16-25(18)22-11-28(43-6)26(29(12-22)44-7)17-40-23-13-24(40)15-39(14-23)32(42)21(4)19(2)27-9-8-10-30(37-27)33(34,35)36/h8-12,16,19,23-24H,4,13-15,17H2,1-3,5-7H3. The molecule has 5 heterocycles. The van der Waals surface area contributed by atoms with Gasteiger partial charge in [0.2, 0.25) is 5.91 Å². The van der Waals surface area contributed by atoms with E-state index in [9.17, 15) is 22.8 Å². The lowest BCUT2D eigenvalue weighted by molar-refractivity contribution is -0.141. The molecular formula is C33H37F3N4O4. The van der Waals surface area contributed by atoms with Gasteiger partial charge in [-0.15, -0.1) is 0 Å². The Kier molecular flexibility index (Phi) is 8.37. The number of aryl methyl sites for hydroxylation is 1. The molecule has 1 amide bonds. The third-order valence-corrected chi connectivity index (χ3v) is 9.12. The van der Waals surface area contributed by atoms with Crippen LogP contribution in [0.25, 0.3) is 11.1 Å². The summed E-state index contributed by atoms with van der Waals surface area (Å²) in [5, 5.41) is 0. The fourth-order valence-electron chi connectivity index (χ4n) is 6.27. The van der Waals surface area contributed by atoms with E-state index >= 15 is 0 Å². The molecule has 234 valence electrons. The van der Waals surface area contributed by atoms with Crippen LogP contribution in [0.1, 0.15) is 47.3 Å². The zero-order chi connectivity index (χ0) is 32.1. The predicted molar refractivity (Wildman–Crippen MR) is 161 cm³/mol. The Hall–Kier alpha value is -4.12. The van der Waals surface area contributed by atoms with Crippen molar-refractivity contribution in [2.24, 2.45) is 7.05 Å². The highest BCUT2D eigenvalue weighted by molar-refractivity contribution is 5.94. The quantitative estimate of drug-likeness (QED) is 0.325. The summed E-state index contributed by atoms with van der Waals surface area (Å²) in [6.07, 6.45) is -1.81. The lowest BCUT2D eigenvalue weighted by Gasteiger charge is -2.56. The molecule has 0 N–H and O–H groups in total. The van der Waals surface area contributed by atoms with E-state index in [1.807, 2.05) is 32.2 Å². The number of methoxy groups -OCH3 is 2. The Morgan fingerprint density at radius 2 is 1.70 bits per heavy atom. The summed E-state index contributed by atoms with van der Waals surface area (Å²) in [6, 6.07) is 7.84. The van der Waals surface area contributed by atoms with Gasteiger partial charge >= 0.3 is 6.18 Å². The minimum absolute atomic E-state index is 0.0380. The van der Waals surface area contributed by atoms with Gasteiger partial charge in [-0.2, -0.15) is 13.2 Å². The van der Waals surface area contributed by atoms with Crippen LogP contribution in [-0.4, -0.2) is 64.7 Å². The van der Waals surface area contributed by atoms with E-state index in [-0.39, 0.29) is 34.8 Å². The van der Waals surface area contributed by atoms with E-state index in [0.717, 1.165) is 34.7 Å². The summed E-state index contributed by atoms with van der Waals surface area (Å²) in [5.74, 6) is 0.400. The van der Waals surface area contributed by atoms with E-state index in [4.69, 9.17) is 9.47 Å². The van der Waals surface area contributed by atoms with Gasteiger partial charge in [-0.1, -0.05) is 19.6 Å². The molecular weight excluding hydrogens is 573 g/mol. The van der Waals surface area contributed by atoms with Crippen LogP contribution in [0.5, 0.6) is 11.5 Å². The Morgan fingerprint density at radius 1 is 1.09 bits per heavy atom. The second-order valence-electron chi connectivity index (χ2n) is 11.7. The molecule has 3 aromatic rings. The number of rotatable bonds is 8. The van der Waals surface area contributed by atoms with Crippen LogP contribution in [-0.2, 0) is 24.6 Å². The third-order valence-electron chi connectivity index (χ3n) is 9.12. The maximum Gasteiger partial charge on any atom is 0.433 e. The topological polar surface area (TPSA) is 76.9 Å². The summed E-state index contributed by atoms with van der Waals surface area (Å²) < 4.78 is 52.8. The molecule has 3 saturated heterocycles. The number of nitrogens with zero attached hydrogens (tertiary/aromatic N) is 4. The normalized spacial score (nSPS) is 18.9. The first-order valence-electron chi connectivity index (χ1n) is 14.4. The van der Waals surface area contributed by atoms with Gasteiger partial charge in [0.15, 0.2) is 0 Å². The third kappa shape index (κ3) is 5.60. The summed E-state index contributed by atoms with van der Waals surface area (Å²) in [7, 11) is 4.96. The van der Waals surface area contributed by atoms with Crippen molar-refractivity contribution in [3.8, 4) is 22.6 Å². The van der Waals surface area contributed by atoms with Crippen molar-refractivity contribution in [2.75, 3.05) is 27.3 Å². The number of benzene rings is 1. The number of piperidine rings is 1. The highest BCUT2D eigenvalue weighted by Crippen LogP contribution is 2.41. The lowest BCUT2D eigenvalue weighted by Crippen LogP contribution is -2.69. The number of alkyl halides is 3. The molecule has 3 atom stereocenters. The van der Waals surface area contributed by atoms with Crippen LogP contribution in [0.2, 0.25) is 0 Å². The van der Waals surface area contributed by atoms with E-state index in [2.05, 4.69) is 16.5 Å². The molecule has 0 saturated carbocycles. The number of ether oxygens (including phenoxy) is 2. The minimum atomic E-state index is -4.57. The molecule has 3 fully saturated rings. The minimum Gasteiger partial charge on any atom is -0.496 e. The van der Waals surface area contributed by atoms with Crippen LogP contribution in [0.3, 0.4) is 0 Å². The van der Waals surface area contributed by atoms with Gasteiger partial charge in [0, 0.05) is 73.3 Å². The number of amides is 1. The van der Waals surface area contributed by atoms with E-state index < -0.39 is 17.8 Å². The van der Waals surface area contributed by atoms with Crippen molar-refractivity contribution in [1.82, 2.24) is 19.4 Å². The fraction of sp³-hybridized carbons (Fsp3) is 0.424. The number of halogens is 3. The fourth-order valence-corrected chi connectivity index (χ4v) is 6.27. The first-order chi connectivity index (χ1) is 20.7. The number of aromatic nitrogens is 2. The van der Waals surface area contributed by atoms with Crippen LogP contribution in [0.15, 0.2) is 53.5 Å². The van der Waals surface area contributed by atoms with Crippen molar-refractivity contribution < 1.29 is 27.4 Å². The second kappa shape index (κ2) is 11.8. The van der Waals surface area contributed by atoms with Crippen molar-refractivity contribution in [3.63, 3.8) is 0 Å². The molecule has 3 aliphatic heterocycles. The number of pyridine rings is 2. The highest BCUT2D eigenvalue weighted by Gasteiger charge is 2.46. The molecule has 3 unspecified atom stereocenters. The van der Waals surface area contributed by atoms with Crippen LogP contribution >= 0.6 is 0 Å². The van der Waals surface area contributed by atoms with Crippen molar-refractivity contribution in [1.29, 1.82) is 0 Å². The molecule has 2 aromatic heterocycles. The van der Waals surface area contributed by atoms with E-state index in [1.165, 1.54) is 12.1 Å². The number of carbonyl (C=O) groups is 1. The lowest BCUT2D eigenvalue weighted by atomic mass is 9.85. The molecule has 11 heteroatoms. The Morgan fingerprint density at radius 3 is 2.27 bits per heavy atom. The average Bonchev–Trinajstić information content (AvgIpc) is 3.02. The predicted octanol–water partition coefficient (Wildman–Crippen LogP) is 5.25. The number of hydrogen-bond donors (Lipinski definition) is 0. The SMILES string of the molecule is C=C(C(=O)N1CC2CC(C1)N2Cc1c(OC)cc(-c2cn(C)c(=O)c(C)c2C)cc1OC)C(C)c1cccc(C(F)(F)F)n1. The molecule has 1 aromatic carbocycles. The van der Waals surface area contributed by atoms with Crippen LogP contribution in [0.4, 0.5) is 13.2 Å². The smallest absolute Gasteiger partial charge is 0.433 e. The summed E-state index contributed by atoms with van der Waals surface area (Å²) in [6.45, 7) is 10.9. The van der Waals surface area contributed by atoms with Gasteiger partial charge < -0.3 is 18.9 Å². The number of carbonyl (C=O) groups excluding carboxylic acids is 1. The molecule has 44 heavy (non-hydrogen) atoms. The van der Waals surface area contributed by atoms with Crippen LogP contribution < -0.4 is 15.0 Å². The monoisotopic (exact) mass is 610 g/mol. The molecule has 6 rings (SSSR count). The van der Waals surface area contributed by atoms with E-state index in [0.29, 0.717) is 36.7 Å². The highest BCUT2D eigenvalue weighted by atomic mass is 19.4. The maximum absolute atomic E-state index is 13.4. The summed E-state index contributed by atoms with van der Waals surface area (Å²) in [5.41, 5.74) is 3.61. The number of hydrogen-bond acceptors (Lipinski definition) is 6. The van der Waals surface area contributed by atoms with Crippen molar-refractivity contribution in [2.45, 2.75) is 57.9 Å². The van der Waals surface area contributed by atoms with Gasteiger partial charge in [0.25, 0.3) is 5.56 Å². The Bertz CT molecular complexity index is 1650. The molecule has 0 spiro atoms. The van der Waals surface area contributed by atoms with Crippen molar-refractivity contribution in [3.05, 3.63) is 87.1 Å². The van der Waals surface area contributed by atoms with Crippen molar-refractivity contribution >= 4 is 5.91 Å². The summed E-state index contributed by atoms with van der Waals surface area (Å²) in [4.78, 5) is 33.6. The zero-order valence-electron chi connectivity index (χ0n) is 25.8. The zero-order valence-corrected chi connectivity index (χ0v) is 25.8. The number of piperazine rings is 1. The second-order valence-corrected chi connectivity index (χ2v) is 11.7. The molecule has 3 aliphatic rings. The molecule has 0 radical (unpaired) electrons. The van der Waals surface area contributed by atoms with Gasteiger partial charge in [-0.25, -0.2) is 4.98 Å². The Labute approximate surface area is 254 Å². The van der Waals surface area contributed by atoms with Crippen LogP contribution in [0, 0.1) is 13.8 Å². The van der Waals surface area contributed by atoms with Gasteiger partial charge in [0.1, 0.15) is 17.2 Å². The Balaban J connectivity index is 1.31. The van der Waals surface area contributed by atoms with Gasteiger partial charge in [-0.3, -0.25) is 14.5 Å². The molecule has 0 aliphatic carbocycles. The van der Waals surface area contributed by atoms with Gasteiger partial charge in [0.05, 0.1) is 19.8 Å². The molecule has 2 bridgehead atoms. The maximum atomic E-state index is 13.4. The average molecular weight is 611 g/mol. The first kappa shape index (κ1) is 31.3. The molecule has 8 nitrogen and oxygen atoms in total. The van der Waals surface area contributed by atoms with E-state index in [1.54, 1.807) is 37.7 Å². The first-order valence-corrected chi connectivity index (χ1v) is 14.4. The summed E-state index contributed by atoms with van der Waals surface area (Å²) >= 11 is 0. The number of fused-ring (bicyclic) bond motifs is 2. The van der Waals surface area contributed by atoms with Gasteiger partial charge in [-0.05, 0) is 55.7 Å².